The molecule has 254 valence electrons. The number of esters is 2. The summed E-state index contributed by atoms with van der Waals surface area (Å²) in [6, 6.07) is 65.7. The molecule has 0 aromatic heterocycles. The number of carbonyl (C=O) groups is 2. The van der Waals surface area contributed by atoms with Crippen molar-refractivity contribution in [3.63, 3.8) is 0 Å². The van der Waals surface area contributed by atoms with Gasteiger partial charge in [0.1, 0.15) is 0 Å². The first-order valence-electron chi connectivity index (χ1n) is 17.6. The van der Waals surface area contributed by atoms with Crippen LogP contribution < -0.4 is 21.5 Å². The molecule has 51 heavy (non-hydrogen) atoms. The molecule has 0 amide bonds. The van der Waals surface area contributed by atoms with E-state index in [1.165, 1.54) is 21.5 Å². The molecule has 0 N–H and O–H groups in total. The normalized spacial score (nSPS) is 15.7. The number of benzene rings is 6. The summed E-state index contributed by atoms with van der Waals surface area (Å²) in [4.78, 5) is 28.0. The fourth-order valence-electron chi connectivity index (χ4n) is 8.33. The molecular formula is C45H42O4Sn2. The SMILES string of the molecule is CC1(C)COC(=O)[C@@H]1OC(=O)C[CH]([Sn]([c]1ccccc1)([c]1ccccc1)[c]1ccccc1)[Sn]([c]1ccccc1)([c]1ccccc1)[c]1ccccc1. The molecule has 0 spiro atoms. The zero-order valence-corrected chi connectivity index (χ0v) is 34.7. The summed E-state index contributed by atoms with van der Waals surface area (Å²) in [7, 11) is 0. The van der Waals surface area contributed by atoms with Gasteiger partial charge in [-0.05, 0) is 0 Å². The molecule has 1 atom stereocenters. The van der Waals surface area contributed by atoms with Crippen molar-refractivity contribution in [2.45, 2.75) is 28.3 Å². The van der Waals surface area contributed by atoms with Gasteiger partial charge >= 0.3 is 312 Å². The molecule has 0 radical (unpaired) electrons. The van der Waals surface area contributed by atoms with Crippen molar-refractivity contribution < 1.29 is 19.1 Å². The second-order valence-corrected chi connectivity index (χ2v) is 41.8. The van der Waals surface area contributed by atoms with Crippen LogP contribution >= 0.6 is 0 Å². The van der Waals surface area contributed by atoms with Crippen LogP contribution in [0.5, 0.6) is 0 Å². The predicted molar refractivity (Wildman–Crippen MR) is 211 cm³/mol. The molecule has 0 unspecified atom stereocenters. The Morgan fingerprint density at radius 1 is 0.569 bits per heavy atom. The van der Waals surface area contributed by atoms with Crippen LogP contribution in [-0.4, -0.2) is 61.4 Å². The summed E-state index contributed by atoms with van der Waals surface area (Å²) in [5.41, 5.74) is -0.625. The molecule has 1 saturated heterocycles. The zero-order chi connectivity index (χ0) is 35.3. The number of ether oxygens (including phenoxy) is 2. The number of cyclic esters (lactones) is 1. The number of hydrogen-bond donors (Lipinski definition) is 0. The summed E-state index contributed by atoms with van der Waals surface area (Å²) in [5, 5.41) is 0. The maximum absolute atomic E-state index is 15.0. The molecule has 1 aliphatic rings. The van der Waals surface area contributed by atoms with Crippen LogP contribution in [-0.2, 0) is 19.1 Å². The molecular weight excluding hydrogens is 842 g/mol. The Kier molecular flexibility index (Phi) is 10.5. The molecule has 6 aromatic carbocycles. The Balaban J connectivity index is 1.64. The van der Waals surface area contributed by atoms with Crippen LogP contribution in [0.2, 0.25) is 1.95 Å². The van der Waals surface area contributed by atoms with Gasteiger partial charge in [-0.25, -0.2) is 0 Å². The molecule has 6 aromatic rings. The van der Waals surface area contributed by atoms with Gasteiger partial charge in [0, 0.05) is 0 Å². The Labute approximate surface area is 309 Å². The van der Waals surface area contributed by atoms with Crippen molar-refractivity contribution in [1.82, 2.24) is 0 Å². The van der Waals surface area contributed by atoms with E-state index in [0.717, 1.165) is 0 Å². The Bertz CT molecular complexity index is 1740. The van der Waals surface area contributed by atoms with E-state index in [2.05, 4.69) is 182 Å². The molecule has 6 heteroatoms. The van der Waals surface area contributed by atoms with Gasteiger partial charge in [-0.3, -0.25) is 0 Å². The molecule has 1 fully saturated rings. The van der Waals surface area contributed by atoms with Crippen molar-refractivity contribution in [3.05, 3.63) is 182 Å². The average Bonchev–Trinajstić information content (AvgIpc) is 3.44. The van der Waals surface area contributed by atoms with Crippen molar-refractivity contribution in [3.8, 4) is 0 Å². The second-order valence-electron chi connectivity index (χ2n) is 14.0. The van der Waals surface area contributed by atoms with E-state index >= 15 is 0 Å². The number of carbonyl (C=O) groups excluding carboxylic acids is 2. The summed E-state index contributed by atoms with van der Waals surface area (Å²) >= 11 is -8.93. The van der Waals surface area contributed by atoms with Crippen LogP contribution in [0.3, 0.4) is 0 Å². The van der Waals surface area contributed by atoms with Crippen LogP contribution in [0.15, 0.2) is 182 Å². The fraction of sp³-hybridized carbons (Fsp3) is 0.156. The van der Waals surface area contributed by atoms with Crippen molar-refractivity contribution in [2.75, 3.05) is 6.61 Å². The topological polar surface area (TPSA) is 52.6 Å². The molecule has 7 rings (SSSR count). The quantitative estimate of drug-likeness (QED) is 0.134. The third-order valence-electron chi connectivity index (χ3n) is 10.6. The Morgan fingerprint density at radius 2 is 0.843 bits per heavy atom. The van der Waals surface area contributed by atoms with E-state index in [9.17, 15) is 9.59 Å². The van der Waals surface area contributed by atoms with E-state index in [4.69, 9.17) is 9.47 Å². The van der Waals surface area contributed by atoms with Gasteiger partial charge in [-0.15, -0.1) is 0 Å². The third-order valence-corrected chi connectivity index (χ3v) is 55.6. The summed E-state index contributed by atoms with van der Waals surface area (Å²) in [6.07, 6.45) is -0.807. The Hall–Kier alpha value is -4.14. The van der Waals surface area contributed by atoms with Crippen LogP contribution in [0, 0.1) is 5.41 Å². The van der Waals surface area contributed by atoms with Gasteiger partial charge in [0.25, 0.3) is 0 Å². The molecule has 0 bridgehead atoms. The van der Waals surface area contributed by atoms with E-state index in [1.807, 2.05) is 13.8 Å². The van der Waals surface area contributed by atoms with Crippen LogP contribution in [0.25, 0.3) is 0 Å². The molecule has 1 aliphatic heterocycles. The van der Waals surface area contributed by atoms with Crippen LogP contribution in [0.1, 0.15) is 20.3 Å². The minimum absolute atomic E-state index is 0.124. The molecule has 1 heterocycles. The maximum atomic E-state index is 15.0. The minimum atomic E-state index is -4.46. The predicted octanol–water partition coefficient (Wildman–Crippen LogP) is 5.12. The third kappa shape index (κ3) is 6.57. The first kappa shape index (κ1) is 35.3. The first-order valence-corrected chi connectivity index (χ1v) is 29.4. The molecule has 0 saturated carbocycles. The first-order chi connectivity index (χ1) is 24.9. The molecule has 0 aliphatic carbocycles. The van der Waals surface area contributed by atoms with E-state index in [1.54, 1.807) is 0 Å². The zero-order valence-electron chi connectivity index (χ0n) is 29.0. The summed E-state index contributed by atoms with van der Waals surface area (Å²) in [5.74, 6) is -0.831. The molecule has 4 nitrogen and oxygen atoms in total. The Morgan fingerprint density at radius 3 is 1.08 bits per heavy atom. The second kappa shape index (κ2) is 15.2. The van der Waals surface area contributed by atoms with Gasteiger partial charge in [-0.2, -0.15) is 0 Å². The van der Waals surface area contributed by atoms with Crippen molar-refractivity contribution in [2.24, 2.45) is 5.41 Å². The van der Waals surface area contributed by atoms with Gasteiger partial charge < -0.3 is 0 Å². The van der Waals surface area contributed by atoms with Crippen molar-refractivity contribution in [1.29, 1.82) is 0 Å². The van der Waals surface area contributed by atoms with Crippen LogP contribution in [0.4, 0.5) is 0 Å². The van der Waals surface area contributed by atoms with Gasteiger partial charge in [-0.1, -0.05) is 0 Å². The van der Waals surface area contributed by atoms with E-state index in [-0.39, 0.29) is 20.9 Å². The van der Waals surface area contributed by atoms with E-state index in [0.29, 0.717) is 0 Å². The summed E-state index contributed by atoms with van der Waals surface area (Å²) in [6.45, 7) is 4.07. The van der Waals surface area contributed by atoms with Gasteiger partial charge in [0.15, 0.2) is 0 Å². The van der Waals surface area contributed by atoms with E-state index < -0.39 is 54.2 Å². The monoisotopic (exact) mass is 886 g/mol. The number of rotatable bonds is 11. The average molecular weight is 884 g/mol. The standard InChI is InChI=1S/C9H12O4.6C6H5.2Sn/c1-4-6(10)13-7-8(11)12-5-9(7,2)3;6*1-2-4-6-5-3-1;;/h1,7H,4-5H2,2-3H3;6*1-5H;;/t7-;;;;;;;;/m0......../s1. The fourth-order valence-corrected chi connectivity index (χ4v) is 69.4. The van der Waals surface area contributed by atoms with Gasteiger partial charge in [0.05, 0.1) is 0 Å². The van der Waals surface area contributed by atoms with Gasteiger partial charge in [0.2, 0.25) is 0 Å². The summed E-state index contributed by atoms with van der Waals surface area (Å²) < 4.78 is 19.4. The van der Waals surface area contributed by atoms with Crippen molar-refractivity contribution >= 4 is 70.2 Å². The number of hydrogen-bond acceptors (Lipinski definition) is 4.